The summed E-state index contributed by atoms with van der Waals surface area (Å²) in [6, 6.07) is 19.4. The zero-order valence-corrected chi connectivity index (χ0v) is 29.8. The highest BCUT2D eigenvalue weighted by molar-refractivity contribution is 6.44. The fourth-order valence-corrected chi connectivity index (χ4v) is 4.36. The monoisotopic (exact) mass is 720 g/mol. The summed E-state index contributed by atoms with van der Waals surface area (Å²) in [6.07, 6.45) is 0. The van der Waals surface area contributed by atoms with Crippen molar-refractivity contribution < 1.29 is 57.1 Å². The van der Waals surface area contributed by atoms with E-state index in [0.29, 0.717) is 68.7 Å². The summed E-state index contributed by atoms with van der Waals surface area (Å²) < 4.78 is 41.1. The molecule has 4 aromatic carbocycles. The number of methoxy groups -OCH3 is 8. The third kappa shape index (κ3) is 10.6. The van der Waals surface area contributed by atoms with Gasteiger partial charge in [0.2, 0.25) is 0 Å². The van der Waals surface area contributed by atoms with Gasteiger partial charge >= 0.3 is 23.6 Å². The molecule has 0 aliphatic rings. The predicted molar refractivity (Wildman–Crippen MR) is 193 cm³/mol. The Morgan fingerprint density at radius 3 is 0.673 bits per heavy atom. The molecule has 0 heterocycles. The van der Waals surface area contributed by atoms with Crippen molar-refractivity contribution in [3.05, 3.63) is 72.8 Å². The first-order valence-corrected chi connectivity index (χ1v) is 15.2. The highest BCUT2D eigenvalue weighted by atomic mass is 16.5. The van der Waals surface area contributed by atoms with Crippen molar-refractivity contribution in [3.63, 3.8) is 0 Å². The summed E-state index contributed by atoms with van der Waals surface area (Å²) in [7, 11) is 11.8. The Morgan fingerprint density at radius 1 is 0.327 bits per heavy atom. The maximum absolute atomic E-state index is 12.2. The number of benzene rings is 4. The highest BCUT2D eigenvalue weighted by Crippen LogP contribution is 2.32. The molecule has 0 saturated heterocycles. The molecule has 16 nitrogen and oxygen atoms in total. The van der Waals surface area contributed by atoms with Gasteiger partial charge in [-0.05, 0) is 48.5 Å². The van der Waals surface area contributed by atoms with E-state index in [0.717, 1.165) is 0 Å². The molecule has 0 fully saturated rings. The molecule has 4 amide bonds. The van der Waals surface area contributed by atoms with Crippen molar-refractivity contribution in [1.29, 1.82) is 0 Å². The molecule has 0 bridgehead atoms. The van der Waals surface area contributed by atoms with Crippen LogP contribution in [0, 0.1) is 0 Å². The van der Waals surface area contributed by atoms with E-state index in [1.807, 2.05) is 0 Å². The molecule has 16 heteroatoms. The molecular weight excluding hydrogens is 680 g/mol. The van der Waals surface area contributed by atoms with Crippen LogP contribution in [0.4, 0.5) is 22.7 Å². The summed E-state index contributed by atoms with van der Waals surface area (Å²) in [5.41, 5.74) is 1.24. The number of carbonyl (C=O) groups is 4. The molecule has 0 unspecified atom stereocenters. The van der Waals surface area contributed by atoms with E-state index in [1.165, 1.54) is 56.9 Å². The average molecular weight is 721 g/mol. The van der Waals surface area contributed by atoms with Gasteiger partial charge in [-0.25, -0.2) is 0 Å². The maximum atomic E-state index is 12.2. The highest BCUT2D eigenvalue weighted by Gasteiger charge is 2.20. The van der Waals surface area contributed by atoms with Gasteiger partial charge in [-0.2, -0.15) is 0 Å². The van der Waals surface area contributed by atoms with Crippen molar-refractivity contribution >= 4 is 46.4 Å². The minimum Gasteiger partial charge on any atom is -0.497 e. The van der Waals surface area contributed by atoms with Crippen LogP contribution in [0.1, 0.15) is 0 Å². The molecule has 4 N–H and O–H groups in total. The first-order valence-electron chi connectivity index (χ1n) is 15.2. The van der Waals surface area contributed by atoms with Crippen LogP contribution in [0.2, 0.25) is 0 Å². The van der Waals surface area contributed by atoms with Gasteiger partial charge in [-0.1, -0.05) is 0 Å². The van der Waals surface area contributed by atoms with Crippen LogP contribution in [0.15, 0.2) is 72.8 Å². The topological polar surface area (TPSA) is 190 Å². The number of hydrogen-bond acceptors (Lipinski definition) is 12. The SMILES string of the molecule is COc1ccc(OC)c(NC(=O)C(=O)Nc2cc(OC)ccc2OC)c1.COc1ccc(OC)c(NC(=O)C(=O)Nc2cc(OC)ccc2OC)c1. The lowest BCUT2D eigenvalue weighted by molar-refractivity contribution is -0.133. The van der Waals surface area contributed by atoms with E-state index < -0.39 is 23.6 Å². The smallest absolute Gasteiger partial charge is 0.314 e. The summed E-state index contributed by atoms with van der Waals surface area (Å²) in [4.78, 5) is 49.0. The quantitative estimate of drug-likeness (QED) is 0.149. The van der Waals surface area contributed by atoms with Crippen LogP contribution in [0.3, 0.4) is 0 Å². The number of anilines is 4. The number of amides is 4. The van der Waals surface area contributed by atoms with E-state index in [-0.39, 0.29) is 0 Å². The van der Waals surface area contributed by atoms with Crippen LogP contribution in [-0.4, -0.2) is 80.5 Å². The summed E-state index contributed by atoms with van der Waals surface area (Å²) in [5.74, 6) is 0.123. The van der Waals surface area contributed by atoms with Crippen molar-refractivity contribution in [1.82, 2.24) is 0 Å². The van der Waals surface area contributed by atoms with Crippen LogP contribution >= 0.6 is 0 Å². The molecule has 4 rings (SSSR count). The Kier molecular flexibility index (Phi) is 14.8. The molecule has 0 saturated carbocycles. The van der Waals surface area contributed by atoms with Gasteiger partial charge in [0.1, 0.15) is 46.0 Å². The number of ether oxygens (including phenoxy) is 8. The van der Waals surface area contributed by atoms with E-state index in [2.05, 4.69) is 21.3 Å². The molecule has 0 spiro atoms. The fourth-order valence-electron chi connectivity index (χ4n) is 4.36. The number of rotatable bonds is 12. The van der Waals surface area contributed by atoms with E-state index in [1.54, 1.807) is 72.8 Å². The van der Waals surface area contributed by atoms with Gasteiger partial charge in [-0.15, -0.1) is 0 Å². The van der Waals surface area contributed by atoms with Gasteiger partial charge in [0.15, 0.2) is 0 Å². The van der Waals surface area contributed by atoms with Crippen LogP contribution in [0.25, 0.3) is 0 Å². The third-order valence-corrected chi connectivity index (χ3v) is 7.03. The van der Waals surface area contributed by atoms with Gasteiger partial charge in [0, 0.05) is 24.3 Å². The lowest BCUT2D eigenvalue weighted by Gasteiger charge is -2.13. The number of carbonyl (C=O) groups excluding carboxylic acids is 4. The Morgan fingerprint density at radius 2 is 0.519 bits per heavy atom. The van der Waals surface area contributed by atoms with Crippen molar-refractivity contribution in [2.24, 2.45) is 0 Å². The standard InChI is InChI=1S/2C18H20N2O6/c2*1-23-11-5-7-15(25-3)13(9-11)19-17(21)18(22)20-14-10-12(24-2)6-8-16(14)26-4/h2*5-10H,1-4H3,(H,19,21)(H,20,22). The molecule has 276 valence electrons. The average Bonchev–Trinajstić information content (AvgIpc) is 3.17. The van der Waals surface area contributed by atoms with E-state index in [4.69, 9.17) is 37.9 Å². The molecule has 0 radical (unpaired) electrons. The third-order valence-electron chi connectivity index (χ3n) is 7.03. The maximum Gasteiger partial charge on any atom is 0.314 e. The zero-order chi connectivity index (χ0) is 38.2. The number of nitrogens with one attached hydrogen (secondary N) is 4. The molecule has 4 aromatic rings. The van der Waals surface area contributed by atoms with Crippen molar-refractivity contribution in [2.45, 2.75) is 0 Å². The van der Waals surface area contributed by atoms with Crippen LogP contribution in [-0.2, 0) is 19.2 Å². The molecule has 0 aliphatic carbocycles. The van der Waals surface area contributed by atoms with E-state index >= 15 is 0 Å². The van der Waals surface area contributed by atoms with Gasteiger partial charge in [0.05, 0.1) is 79.6 Å². The van der Waals surface area contributed by atoms with Gasteiger partial charge in [0.25, 0.3) is 0 Å². The Labute approximate surface area is 300 Å². The minimum absolute atomic E-state index is 0.310. The Balaban J connectivity index is 0.000000280. The van der Waals surface area contributed by atoms with Gasteiger partial charge < -0.3 is 59.2 Å². The zero-order valence-electron chi connectivity index (χ0n) is 29.8. The summed E-state index contributed by atoms with van der Waals surface area (Å²) in [5, 5.41) is 9.98. The lowest BCUT2D eigenvalue weighted by atomic mass is 10.2. The second-order valence-electron chi connectivity index (χ2n) is 10.1. The van der Waals surface area contributed by atoms with Gasteiger partial charge in [-0.3, -0.25) is 19.2 Å². The predicted octanol–water partition coefficient (Wildman–Crippen LogP) is 4.60. The lowest BCUT2D eigenvalue weighted by Crippen LogP contribution is -2.29. The molecule has 52 heavy (non-hydrogen) atoms. The molecule has 0 aromatic heterocycles. The Hall–Kier alpha value is -6.84. The fraction of sp³-hybridized carbons (Fsp3) is 0.222. The summed E-state index contributed by atoms with van der Waals surface area (Å²) >= 11 is 0. The molecule has 0 atom stereocenters. The van der Waals surface area contributed by atoms with Crippen molar-refractivity contribution in [3.8, 4) is 46.0 Å². The first-order chi connectivity index (χ1) is 25.0. The molecule has 0 aliphatic heterocycles. The minimum atomic E-state index is -0.874. The first kappa shape index (κ1) is 39.6. The second kappa shape index (κ2) is 19.4. The normalized spacial score (nSPS) is 9.85. The van der Waals surface area contributed by atoms with E-state index in [9.17, 15) is 19.2 Å². The van der Waals surface area contributed by atoms with Crippen LogP contribution < -0.4 is 59.2 Å². The van der Waals surface area contributed by atoms with Crippen molar-refractivity contribution in [2.75, 3.05) is 78.1 Å². The Bertz CT molecular complexity index is 1610. The second-order valence-corrected chi connectivity index (χ2v) is 10.1. The summed E-state index contributed by atoms with van der Waals surface area (Å²) in [6.45, 7) is 0. The van der Waals surface area contributed by atoms with Crippen LogP contribution in [0.5, 0.6) is 46.0 Å². The molecular formula is C36H40N4O12. The largest absolute Gasteiger partial charge is 0.497 e. The number of hydrogen-bond donors (Lipinski definition) is 4.